The van der Waals surface area contributed by atoms with E-state index in [4.69, 9.17) is 11.6 Å². The second-order valence-electron chi connectivity index (χ2n) is 4.49. The summed E-state index contributed by atoms with van der Waals surface area (Å²) in [7, 11) is 0. The Balaban J connectivity index is 2.10. The van der Waals surface area contributed by atoms with E-state index in [-0.39, 0.29) is 5.56 Å². The Kier molecular flexibility index (Phi) is 4.62. The van der Waals surface area contributed by atoms with Gasteiger partial charge in [-0.3, -0.25) is 0 Å². The number of aromatic nitrogens is 1. The number of anilines is 1. The van der Waals surface area contributed by atoms with E-state index in [1.54, 1.807) is 13.0 Å². The number of nitrogens with zero attached hydrogens (tertiary/aromatic N) is 1. The Morgan fingerprint density at radius 3 is 2.80 bits per heavy atom. The molecule has 2 rings (SSSR count). The van der Waals surface area contributed by atoms with E-state index in [0.29, 0.717) is 17.9 Å². The van der Waals surface area contributed by atoms with Crippen LogP contribution in [0.5, 0.6) is 0 Å². The van der Waals surface area contributed by atoms with Gasteiger partial charge < -0.3 is 10.4 Å². The van der Waals surface area contributed by atoms with Gasteiger partial charge in [0, 0.05) is 17.1 Å². The topological polar surface area (TPSA) is 62.2 Å². The molecule has 0 unspecified atom stereocenters. The second-order valence-corrected chi connectivity index (χ2v) is 6.29. The van der Waals surface area contributed by atoms with E-state index in [0.717, 1.165) is 21.3 Å². The number of hydrogen-bond acceptors (Lipinski definition) is 4. The molecule has 106 valence electrons. The zero-order valence-electron chi connectivity index (χ0n) is 11.2. The molecular weight excluding hydrogens is 296 g/mol. The van der Waals surface area contributed by atoms with Gasteiger partial charge in [-0.1, -0.05) is 11.6 Å². The van der Waals surface area contributed by atoms with Crippen molar-refractivity contribution in [2.24, 2.45) is 0 Å². The first kappa shape index (κ1) is 14.8. The minimum atomic E-state index is -0.961. The van der Waals surface area contributed by atoms with Crippen molar-refractivity contribution in [3.8, 4) is 0 Å². The molecule has 0 aliphatic rings. The van der Waals surface area contributed by atoms with Gasteiger partial charge in [-0.15, -0.1) is 11.3 Å². The van der Waals surface area contributed by atoms with Crippen molar-refractivity contribution in [2.45, 2.75) is 20.3 Å². The summed E-state index contributed by atoms with van der Waals surface area (Å²) < 4.78 is 0.760. The molecule has 0 bridgehead atoms. The van der Waals surface area contributed by atoms with Crippen LogP contribution in [0.4, 0.5) is 5.82 Å². The Morgan fingerprint density at radius 1 is 1.45 bits per heavy atom. The maximum atomic E-state index is 11.3. The van der Waals surface area contributed by atoms with Crippen molar-refractivity contribution in [2.75, 3.05) is 11.9 Å². The highest BCUT2D eigenvalue weighted by Crippen LogP contribution is 2.22. The summed E-state index contributed by atoms with van der Waals surface area (Å²) >= 11 is 7.40. The van der Waals surface area contributed by atoms with E-state index < -0.39 is 5.97 Å². The molecule has 2 N–H and O–H groups in total. The molecule has 2 aromatic heterocycles. The van der Waals surface area contributed by atoms with Crippen molar-refractivity contribution in [3.05, 3.63) is 44.2 Å². The van der Waals surface area contributed by atoms with Crippen LogP contribution >= 0.6 is 22.9 Å². The van der Waals surface area contributed by atoms with Crippen molar-refractivity contribution in [1.82, 2.24) is 4.98 Å². The number of carboxylic acid groups (broad SMARTS) is 1. The van der Waals surface area contributed by atoms with E-state index in [2.05, 4.69) is 10.3 Å². The van der Waals surface area contributed by atoms with Crippen LogP contribution in [0.15, 0.2) is 18.2 Å². The molecule has 0 aliphatic heterocycles. The van der Waals surface area contributed by atoms with E-state index in [1.165, 1.54) is 11.3 Å². The smallest absolute Gasteiger partial charge is 0.339 e. The molecule has 0 radical (unpaired) electrons. The number of pyridine rings is 1. The van der Waals surface area contributed by atoms with Gasteiger partial charge in [0.15, 0.2) is 0 Å². The second kappa shape index (κ2) is 6.24. The monoisotopic (exact) mass is 310 g/mol. The Bertz CT molecular complexity index is 640. The SMILES string of the molecule is Cc1cc(C)c(C(=O)O)c(NCCc2ccc(Cl)s2)n1. The van der Waals surface area contributed by atoms with Crippen LogP contribution in [0, 0.1) is 13.8 Å². The van der Waals surface area contributed by atoms with Gasteiger partial charge in [0.2, 0.25) is 0 Å². The van der Waals surface area contributed by atoms with Crippen LogP contribution in [0.2, 0.25) is 4.34 Å². The minimum Gasteiger partial charge on any atom is -0.478 e. The van der Waals surface area contributed by atoms with Gasteiger partial charge in [-0.05, 0) is 44.0 Å². The molecule has 6 heteroatoms. The molecule has 0 saturated heterocycles. The number of rotatable bonds is 5. The Labute approximate surface area is 126 Å². The molecule has 0 saturated carbocycles. The first-order valence-electron chi connectivity index (χ1n) is 6.17. The van der Waals surface area contributed by atoms with Crippen LogP contribution in [0.1, 0.15) is 26.5 Å². The van der Waals surface area contributed by atoms with Crippen LogP contribution in [0.25, 0.3) is 0 Å². The fourth-order valence-corrected chi connectivity index (χ4v) is 3.11. The highest BCUT2D eigenvalue weighted by molar-refractivity contribution is 7.16. The molecule has 0 spiro atoms. The van der Waals surface area contributed by atoms with E-state index >= 15 is 0 Å². The molecule has 0 fully saturated rings. The fraction of sp³-hybridized carbons (Fsp3) is 0.286. The normalized spacial score (nSPS) is 10.6. The third kappa shape index (κ3) is 3.49. The number of aryl methyl sites for hydroxylation is 2. The average molecular weight is 311 g/mol. The van der Waals surface area contributed by atoms with Crippen molar-refractivity contribution in [3.63, 3.8) is 0 Å². The number of carboxylic acids is 1. The lowest BCUT2D eigenvalue weighted by Gasteiger charge is -2.11. The average Bonchev–Trinajstić information content (AvgIpc) is 2.73. The maximum absolute atomic E-state index is 11.3. The first-order valence-corrected chi connectivity index (χ1v) is 7.36. The molecule has 0 aromatic carbocycles. The molecule has 2 heterocycles. The Morgan fingerprint density at radius 2 is 2.20 bits per heavy atom. The highest BCUT2D eigenvalue weighted by Gasteiger charge is 2.15. The largest absolute Gasteiger partial charge is 0.478 e. The summed E-state index contributed by atoms with van der Waals surface area (Å²) in [5.41, 5.74) is 1.75. The van der Waals surface area contributed by atoms with Gasteiger partial charge in [0.1, 0.15) is 11.4 Å². The lowest BCUT2D eigenvalue weighted by Crippen LogP contribution is -2.13. The summed E-state index contributed by atoms with van der Waals surface area (Å²) in [5, 5.41) is 12.4. The fourth-order valence-electron chi connectivity index (χ4n) is 2.02. The number of carbonyl (C=O) groups is 1. The van der Waals surface area contributed by atoms with Crippen molar-refractivity contribution >= 4 is 34.7 Å². The molecule has 0 atom stereocenters. The number of thiophene rings is 1. The predicted octanol–water partition coefficient (Wildman–Crippen LogP) is 3.77. The summed E-state index contributed by atoms with van der Waals surface area (Å²) in [6.45, 7) is 4.25. The number of halogens is 1. The van der Waals surface area contributed by atoms with E-state index in [1.807, 2.05) is 19.1 Å². The van der Waals surface area contributed by atoms with E-state index in [9.17, 15) is 9.90 Å². The molecular formula is C14H15ClN2O2S. The highest BCUT2D eigenvalue weighted by atomic mass is 35.5. The third-order valence-corrected chi connectivity index (χ3v) is 4.14. The molecule has 0 aliphatic carbocycles. The number of aromatic carboxylic acids is 1. The van der Waals surface area contributed by atoms with Crippen LogP contribution < -0.4 is 5.32 Å². The molecule has 4 nitrogen and oxygen atoms in total. The van der Waals surface area contributed by atoms with Gasteiger partial charge in [-0.2, -0.15) is 0 Å². The van der Waals surface area contributed by atoms with Crippen molar-refractivity contribution in [1.29, 1.82) is 0 Å². The maximum Gasteiger partial charge on any atom is 0.339 e. The molecule has 0 amide bonds. The minimum absolute atomic E-state index is 0.236. The van der Waals surface area contributed by atoms with Gasteiger partial charge in [-0.25, -0.2) is 9.78 Å². The van der Waals surface area contributed by atoms with Crippen LogP contribution in [0.3, 0.4) is 0 Å². The zero-order chi connectivity index (χ0) is 14.7. The number of nitrogens with one attached hydrogen (secondary N) is 1. The first-order chi connectivity index (χ1) is 9.47. The van der Waals surface area contributed by atoms with Gasteiger partial charge >= 0.3 is 5.97 Å². The Hall–Kier alpha value is -1.59. The zero-order valence-corrected chi connectivity index (χ0v) is 12.8. The molecule has 2 aromatic rings. The quantitative estimate of drug-likeness (QED) is 0.882. The summed E-state index contributed by atoms with van der Waals surface area (Å²) in [4.78, 5) is 16.7. The molecule has 20 heavy (non-hydrogen) atoms. The van der Waals surface area contributed by atoms with Crippen molar-refractivity contribution < 1.29 is 9.90 Å². The number of hydrogen-bond donors (Lipinski definition) is 2. The van der Waals surface area contributed by atoms with Crippen LogP contribution in [-0.4, -0.2) is 22.6 Å². The van der Waals surface area contributed by atoms with Gasteiger partial charge in [0.05, 0.1) is 4.34 Å². The summed E-state index contributed by atoms with van der Waals surface area (Å²) in [6, 6.07) is 5.61. The summed E-state index contributed by atoms with van der Waals surface area (Å²) in [6.07, 6.45) is 0.783. The lowest BCUT2D eigenvalue weighted by atomic mass is 10.1. The summed E-state index contributed by atoms with van der Waals surface area (Å²) in [5.74, 6) is -0.533. The predicted molar refractivity (Wildman–Crippen MR) is 82.2 cm³/mol. The van der Waals surface area contributed by atoms with Crippen LogP contribution in [-0.2, 0) is 6.42 Å². The third-order valence-electron chi connectivity index (χ3n) is 2.85. The van der Waals surface area contributed by atoms with Gasteiger partial charge in [0.25, 0.3) is 0 Å². The standard InChI is InChI=1S/C14H15ClN2O2S/c1-8-7-9(2)17-13(12(8)14(18)19)16-6-5-10-3-4-11(15)20-10/h3-4,7H,5-6H2,1-2H3,(H,16,17)(H,18,19). The lowest BCUT2D eigenvalue weighted by molar-refractivity contribution is 0.0697.